The maximum absolute atomic E-state index is 12.2. The van der Waals surface area contributed by atoms with Crippen molar-refractivity contribution in [1.82, 2.24) is 5.32 Å². The molecule has 106 valence electrons. The Bertz CT molecular complexity index is 414. The lowest BCUT2D eigenvalue weighted by Crippen LogP contribution is -2.50. The number of rotatable bonds is 7. The lowest BCUT2D eigenvalue weighted by atomic mass is 9.98. The van der Waals surface area contributed by atoms with Crippen LogP contribution in [0.1, 0.15) is 44.0 Å². The summed E-state index contributed by atoms with van der Waals surface area (Å²) in [5.74, 6) is 0.609. The number of hydrogen-bond donors (Lipinski definition) is 2. The molecule has 0 saturated heterocycles. The number of carbonyl (C=O) groups is 1. The molecule has 0 fully saturated rings. The molecular formula is C15H24N2O2. The smallest absolute Gasteiger partial charge is 0.251 e. The largest absolute Gasteiger partial charge is 0.494 e. The van der Waals surface area contributed by atoms with Crippen molar-refractivity contribution in [3.05, 3.63) is 29.8 Å². The third-order valence-corrected chi connectivity index (χ3v) is 3.22. The zero-order valence-corrected chi connectivity index (χ0v) is 12.0. The molecule has 0 bridgehead atoms. The average molecular weight is 264 g/mol. The molecule has 0 aliphatic carbocycles. The molecule has 0 spiro atoms. The molecule has 0 radical (unpaired) electrons. The maximum atomic E-state index is 12.2. The molecule has 3 N–H and O–H groups in total. The van der Waals surface area contributed by atoms with Gasteiger partial charge in [0, 0.05) is 17.6 Å². The van der Waals surface area contributed by atoms with Crippen molar-refractivity contribution in [2.75, 3.05) is 13.2 Å². The van der Waals surface area contributed by atoms with Crippen molar-refractivity contribution in [3.8, 4) is 5.75 Å². The molecule has 1 aromatic rings. The molecule has 0 aliphatic rings. The zero-order valence-electron chi connectivity index (χ0n) is 12.0. The molecule has 4 heteroatoms. The quantitative estimate of drug-likeness (QED) is 0.794. The summed E-state index contributed by atoms with van der Waals surface area (Å²) in [6, 6.07) is 7.22. The first-order valence-electron chi connectivity index (χ1n) is 6.80. The van der Waals surface area contributed by atoms with Crippen LogP contribution in [-0.4, -0.2) is 24.6 Å². The molecule has 0 heterocycles. The van der Waals surface area contributed by atoms with E-state index in [1.807, 2.05) is 32.9 Å². The van der Waals surface area contributed by atoms with Gasteiger partial charge in [-0.1, -0.05) is 19.9 Å². The van der Waals surface area contributed by atoms with Crippen molar-refractivity contribution in [2.24, 2.45) is 5.73 Å². The molecule has 1 atom stereocenters. The summed E-state index contributed by atoms with van der Waals surface area (Å²) in [6.45, 7) is 7.07. The minimum atomic E-state index is -0.364. The highest BCUT2D eigenvalue weighted by molar-refractivity contribution is 5.95. The predicted octanol–water partition coefficient (Wildman–Crippen LogP) is 2.33. The van der Waals surface area contributed by atoms with E-state index in [1.54, 1.807) is 12.1 Å². The minimum Gasteiger partial charge on any atom is -0.494 e. The summed E-state index contributed by atoms with van der Waals surface area (Å²) in [5, 5.41) is 2.97. The van der Waals surface area contributed by atoms with Crippen LogP contribution in [0.5, 0.6) is 5.75 Å². The van der Waals surface area contributed by atoms with E-state index in [2.05, 4.69) is 5.32 Å². The van der Waals surface area contributed by atoms with Crippen molar-refractivity contribution < 1.29 is 9.53 Å². The Kier molecular flexibility index (Phi) is 5.83. The van der Waals surface area contributed by atoms with Gasteiger partial charge in [0.25, 0.3) is 5.91 Å². The Balaban J connectivity index is 2.76. The first kappa shape index (κ1) is 15.5. The van der Waals surface area contributed by atoms with Crippen molar-refractivity contribution in [3.63, 3.8) is 0 Å². The van der Waals surface area contributed by atoms with Crippen molar-refractivity contribution in [1.29, 1.82) is 0 Å². The highest BCUT2D eigenvalue weighted by Crippen LogP contribution is 2.15. The van der Waals surface area contributed by atoms with E-state index in [-0.39, 0.29) is 11.4 Å². The summed E-state index contributed by atoms with van der Waals surface area (Å²) in [4.78, 5) is 12.2. The van der Waals surface area contributed by atoms with E-state index in [0.717, 1.165) is 18.6 Å². The van der Waals surface area contributed by atoms with Gasteiger partial charge in [0.1, 0.15) is 5.75 Å². The van der Waals surface area contributed by atoms with Gasteiger partial charge in [0.05, 0.1) is 6.61 Å². The molecule has 1 amide bonds. The van der Waals surface area contributed by atoms with Crippen LogP contribution < -0.4 is 15.8 Å². The Morgan fingerprint density at radius 3 is 2.74 bits per heavy atom. The number of benzene rings is 1. The Morgan fingerprint density at radius 1 is 1.42 bits per heavy atom. The minimum absolute atomic E-state index is 0.114. The molecule has 0 aliphatic heterocycles. The topological polar surface area (TPSA) is 64.3 Å². The normalized spacial score (nSPS) is 13.7. The number of ether oxygens (including phenoxy) is 1. The van der Waals surface area contributed by atoms with E-state index in [0.29, 0.717) is 18.7 Å². The Morgan fingerprint density at radius 2 is 2.16 bits per heavy atom. The number of nitrogens with one attached hydrogen (secondary N) is 1. The van der Waals surface area contributed by atoms with Crippen LogP contribution in [-0.2, 0) is 0 Å². The summed E-state index contributed by atoms with van der Waals surface area (Å²) in [7, 11) is 0. The summed E-state index contributed by atoms with van der Waals surface area (Å²) >= 11 is 0. The second-order valence-corrected chi connectivity index (χ2v) is 4.95. The molecule has 0 aromatic heterocycles. The zero-order chi connectivity index (χ0) is 14.3. The molecule has 1 aromatic carbocycles. The van der Waals surface area contributed by atoms with E-state index < -0.39 is 0 Å². The summed E-state index contributed by atoms with van der Waals surface area (Å²) in [5.41, 5.74) is 5.94. The fourth-order valence-electron chi connectivity index (χ4n) is 1.58. The van der Waals surface area contributed by atoms with E-state index in [1.165, 1.54) is 0 Å². The highest BCUT2D eigenvalue weighted by atomic mass is 16.5. The number of hydrogen-bond acceptors (Lipinski definition) is 3. The first-order chi connectivity index (χ1) is 9.04. The molecule has 19 heavy (non-hydrogen) atoms. The van der Waals surface area contributed by atoms with Gasteiger partial charge in [-0.3, -0.25) is 4.79 Å². The third-order valence-electron chi connectivity index (χ3n) is 3.22. The van der Waals surface area contributed by atoms with E-state index in [4.69, 9.17) is 10.5 Å². The van der Waals surface area contributed by atoms with E-state index >= 15 is 0 Å². The molecule has 1 unspecified atom stereocenters. The van der Waals surface area contributed by atoms with Gasteiger partial charge in [0.15, 0.2) is 0 Å². The maximum Gasteiger partial charge on any atom is 0.251 e. The standard InChI is InChI=1S/C15H24N2O2/c1-4-9-19-13-8-6-7-12(10-13)14(18)17-15(3,5-2)11-16/h6-8,10H,4-5,9,11,16H2,1-3H3,(H,17,18). The average Bonchev–Trinajstić information content (AvgIpc) is 2.45. The van der Waals surface area contributed by atoms with Gasteiger partial charge in [-0.15, -0.1) is 0 Å². The van der Waals surface area contributed by atoms with Crippen molar-refractivity contribution >= 4 is 5.91 Å². The van der Waals surface area contributed by atoms with Crippen molar-refractivity contribution in [2.45, 2.75) is 39.2 Å². The predicted molar refractivity (Wildman–Crippen MR) is 77.4 cm³/mol. The number of carbonyl (C=O) groups excluding carboxylic acids is 1. The summed E-state index contributed by atoms with van der Waals surface area (Å²) in [6.07, 6.45) is 1.73. The van der Waals surface area contributed by atoms with Crippen LogP contribution in [0.25, 0.3) is 0 Å². The monoisotopic (exact) mass is 264 g/mol. The Labute approximate surface area is 115 Å². The fourth-order valence-corrected chi connectivity index (χ4v) is 1.58. The Hall–Kier alpha value is -1.55. The third kappa shape index (κ3) is 4.56. The molecule has 0 saturated carbocycles. The van der Waals surface area contributed by atoms with Gasteiger partial charge in [-0.05, 0) is 38.0 Å². The van der Waals surface area contributed by atoms with Crippen LogP contribution in [0, 0.1) is 0 Å². The van der Waals surface area contributed by atoms with Crippen LogP contribution >= 0.6 is 0 Å². The fraction of sp³-hybridized carbons (Fsp3) is 0.533. The number of amides is 1. The van der Waals surface area contributed by atoms with Gasteiger partial charge < -0.3 is 15.8 Å². The van der Waals surface area contributed by atoms with Gasteiger partial charge >= 0.3 is 0 Å². The van der Waals surface area contributed by atoms with Crippen LogP contribution in [0.2, 0.25) is 0 Å². The lowest BCUT2D eigenvalue weighted by molar-refractivity contribution is 0.0906. The summed E-state index contributed by atoms with van der Waals surface area (Å²) < 4.78 is 5.52. The van der Waals surface area contributed by atoms with Gasteiger partial charge in [-0.25, -0.2) is 0 Å². The van der Waals surface area contributed by atoms with Crippen LogP contribution in [0.4, 0.5) is 0 Å². The van der Waals surface area contributed by atoms with Crippen LogP contribution in [0.3, 0.4) is 0 Å². The second kappa shape index (κ2) is 7.14. The molecule has 1 rings (SSSR count). The SMILES string of the molecule is CCCOc1cccc(C(=O)NC(C)(CC)CN)c1. The first-order valence-corrected chi connectivity index (χ1v) is 6.80. The number of nitrogens with two attached hydrogens (primary N) is 1. The molecular weight excluding hydrogens is 240 g/mol. The second-order valence-electron chi connectivity index (χ2n) is 4.95. The van der Waals surface area contributed by atoms with Gasteiger partial charge in [-0.2, -0.15) is 0 Å². The van der Waals surface area contributed by atoms with Crippen LogP contribution in [0.15, 0.2) is 24.3 Å². The highest BCUT2D eigenvalue weighted by Gasteiger charge is 2.23. The van der Waals surface area contributed by atoms with E-state index in [9.17, 15) is 4.79 Å². The molecule has 4 nitrogen and oxygen atoms in total. The lowest BCUT2D eigenvalue weighted by Gasteiger charge is -2.28. The van der Waals surface area contributed by atoms with Gasteiger partial charge in [0.2, 0.25) is 0 Å².